The summed E-state index contributed by atoms with van der Waals surface area (Å²) in [6, 6.07) is 6.85. The van der Waals surface area contributed by atoms with E-state index in [1.54, 1.807) is 0 Å². The standard InChI is InChI=1S/C13H21N3/c1-10-5-6-11(8-13(10)14)15-9-12-4-3-7-16(12)2/h5-6,8,12,15H,3-4,7,9,14H2,1-2H3. The molecule has 16 heavy (non-hydrogen) atoms. The summed E-state index contributed by atoms with van der Waals surface area (Å²) in [6.07, 6.45) is 2.61. The molecule has 1 saturated heterocycles. The minimum absolute atomic E-state index is 0.669. The van der Waals surface area contributed by atoms with Crippen molar-refractivity contribution >= 4 is 11.4 Å². The molecule has 3 nitrogen and oxygen atoms in total. The number of benzene rings is 1. The van der Waals surface area contributed by atoms with Gasteiger partial charge in [0.05, 0.1) is 0 Å². The Labute approximate surface area is 97.6 Å². The van der Waals surface area contributed by atoms with E-state index < -0.39 is 0 Å². The fourth-order valence-electron chi connectivity index (χ4n) is 2.22. The van der Waals surface area contributed by atoms with Gasteiger partial charge in [-0.05, 0) is 51.1 Å². The van der Waals surface area contributed by atoms with Crippen LogP contribution in [0.15, 0.2) is 18.2 Å². The van der Waals surface area contributed by atoms with Crippen molar-refractivity contribution in [2.75, 3.05) is 31.2 Å². The zero-order valence-electron chi connectivity index (χ0n) is 10.2. The van der Waals surface area contributed by atoms with Gasteiger partial charge in [0.1, 0.15) is 0 Å². The van der Waals surface area contributed by atoms with Crippen LogP contribution in [0, 0.1) is 6.92 Å². The molecule has 1 unspecified atom stereocenters. The summed E-state index contributed by atoms with van der Waals surface area (Å²) in [4.78, 5) is 2.42. The van der Waals surface area contributed by atoms with Crippen LogP contribution in [0.4, 0.5) is 11.4 Å². The number of anilines is 2. The van der Waals surface area contributed by atoms with E-state index in [2.05, 4.69) is 29.4 Å². The Morgan fingerprint density at radius 3 is 2.94 bits per heavy atom. The number of likely N-dealkylation sites (tertiary alicyclic amines) is 1. The summed E-state index contributed by atoms with van der Waals surface area (Å²) in [5.41, 5.74) is 9.02. The van der Waals surface area contributed by atoms with E-state index in [1.165, 1.54) is 19.4 Å². The van der Waals surface area contributed by atoms with Crippen molar-refractivity contribution in [3.8, 4) is 0 Å². The van der Waals surface area contributed by atoms with Gasteiger partial charge in [-0.1, -0.05) is 6.07 Å². The second kappa shape index (κ2) is 4.74. The first-order valence-electron chi connectivity index (χ1n) is 5.97. The minimum atomic E-state index is 0.669. The van der Waals surface area contributed by atoms with Crippen molar-refractivity contribution in [3.63, 3.8) is 0 Å². The van der Waals surface area contributed by atoms with Crippen LogP contribution in [-0.4, -0.2) is 31.1 Å². The number of likely N-dealkylation sites (N-methyl/N-ethyl adjacent to an activating group) is 1. The molecule has 0 radical (unpaired) electrons. The zero-order valence-corrected chi connectivity index (χ0v) is 10.2. The Morgan fingerprint density at radius 1 is 1.50 bits per heavy atom. The van der Waals surface area contributed by atoms with Gasteiger partial charge in [0.15, 0.2) is 0 Å². The summed E-state index contributed by atoms with van der Waals surface area (Å²) in [5.74, 6) is 0. The first-order valence-corrected chi connectivity index (χ1v) is 5.97. The molecule has 0 bridgehead atoms. The largest absolute Gasteiger partial charge is 0.398 e. The van der Waals surface area contributed by atoms with Crippen molar-refractivity contribution in [2.24, 2.45) is 0 Å². The third-order valence-corrected chi connectivity index (χ3v) is 3.49. The second-order valence-electron chi connectivity index (χ2n) is 4.73. The molecule has 88 valence electrons. The van der Waals surface area contributed by atoms with E-state index >= 15 is 0 Å². The summed E-state index contributed by atoms with van der Waals surface area (Å²) >= 11 is 0. The highest BCUT2D eigenvalue weighted by Crippen LogP contribution is 2.19. The maximum atomic E-state index is 5.88. The number of nitrogens with one attached hydrogen (secondary N) is 1. The topological polar surface area (TPSA) is 41.3 Å². The van der Waals surface area contributed by atoms with Gasteiger partial charge in [0, 0.05) is 24.0 Å². The number of aryl methyl sites for hydroxylation is 1. The van der Waals surface area contributed by atoms with E-state index in [4.69, 9.17) is 5.73 Å². The van der Waals surface area contributed by atoms with Crippen LogP contribution >= 0.6 is 0 Å². The second-order valence-corrected chi connectivity index (χ2v) is 4.73. The molecule has 0 amide bonds. The highest BCUT2D eigenvalue weighted by molar-refractivity contribution is 5.58. The number of nitrogens with zero attached hydrogens (tertiary/aromatic N) is 1. The first kappa shape index (κ1) is 11.3. The van der Waals surface area contributed by atoms with Gasteiger partial charge in [-0.25, -0.2) is 0 Å². The Morgan fingerprint density at radius 2 is 2.31 bits per heavy atom. The van der Waals surface area contributed by atoms with E-state index in [0.717, 1.165) is 23.5 Å². The lowest BCUT2D eigenvalue weighted by molar-refractivity contribution is 0.322. The number of hydrogen-bond donors (Lipinski definition) is 2. The van der Waals surface area contributed by atoms with Gasteiger partial charge in [-0.2, -0.15) is 0 Å². The Bertz CT molecular complexity index is 362. The lowest BCUT2D eigenvalue weighted by atomic mass is 10.1. The SMILES string of the molecule is Cc1ccc(NCC2CCCN2C)cc1N. The van der Waals surface area contributed by atoms with Gasteiger partial charge < -0.3 is 16.0 Å². The Balaban J connectivity index is 1.91. The van der Waals surface area contributed by atoms with Crippen molar-refractivity contribution in [1.82, 2.24) is 4.90 Å². The van der Waals surface area contributed by atoms with Gasteiger partial charge in [0.25, 0.3) is 0 Å². The predicted octanol–water partition coefficient (Wildman–Crippen LogP) is 2.08. The molecule has 0 saturated carbocycles. The maximum absolute atomic E-state index is 5.88. The van der Waals surface area contributed by atoms with Crippen LogP contribution in [0.1, 0.15) is 18.4 Å². The zero-order chi connectivity index (χ0) is 11.5. The molecule has 2 rings (SSSR count). The van der Waals surface area contributed by atoms with Gasteiger partial charge in [-0.3, -0.25) is 0 Å². The van der Waals surface area contributed by atoms with E-state index in [9.17, 15) is 0 Å². The van der Waals surface area contributed by atoms with Crippen molar-refractivity contribution in [2.45, 2.75) is 25.8 Å². The van der Waals surface area contributed by atoms with Gasteiger partial charge >= 0.3 is 0 Å². The monoisotopic (exact) mass is 219 g/mol. The molecule has 3 heteroatoms. The summed E-state index contributed by atoms with van der Waals surface area (Å²) in [5, 5.41) is 3.46. The van der Waals surface area contributed by atoms with Crippen molar-refractivity contribution in [1.29, 1.82) is 0 Å². The molecule has 1 aliphatic rings. The third-order valence-electron chi connectivity index (χ3n) is 3.49. The average molecular weight is 219 g/mol. The molecule has 1 aromatic carbocycles. The fraction of sp³-hybridized carbons (Fsp3) is 0.538. The minimum Gasteiger partial charge on any atom is -0.398 e. The molecule has 1 aromatic rings. The molecular weight excluding hydrogens is 198 g/mol. The summed E-state index contributed by atoms with van der Waals surface area (Å²) < 4.78 is 0. The third kappa shape index (κ3) is 2.47. The maximum Gasteiger partial charge on any atom is 0.0364 e. The van der Waals surface area contributed by atoms with Crippen LogP contribution < -0.4 is 11.1 Å². The predicted molar refractivity (Wildman–Crippen MR) is 69.7 cm³/mol. The highest BCUT2D eigenvalue weighted by Gasteiger charge is 2.19. The number of nitrogen functional groups attached to an aromatic ring is 1. The van der Waals surface area contributed by atoms with Crippen molar-refractivity contribution < 1.29 is 0 Å². The van der Waals surface area contributed by atoms with E-state index in [1.807, 2.05) is 13.0 Å². The lowest BCUT2D eigenvalue weighted by Gasteiger charge is -2.20. The average Bonchev–Trinajstić information content (AvgIpc) is 2.66. The first-order chi connectivity index (χ1) is 7.66. The number of hydrogen-bond acceptors (Lipinski definition) is 3. The van der Waals surface area contributed by atoms with E-state index in [-0.39, 0.29) is 0 Å². The number of nitrogens with two attached hydrogens (primary N) is 1. The quantitative estimate of drug-likeness (QED) is 0.765. The Kier molecular flexibility index (Phi) is 3.34. The van der Waals surface area contributed by atoms with Crippen LogP contribution in [0.3, 0.4) is 0 Å². The van der Waals surface area contributed by atoms with Crippen LogP contribution in [0.5, 0.6) is 0 Å². The normalized spacial score (nSPS) is 21.2. The highest BCUT2D eigenvalue weighted by atomic mass is 15.2. The summed E-state index contributed by atoms with van der Waals surface area (Å²) in [6.45, 7) is 4.27. The molecule has 0 aliphatic carbocycles. The van der Waals surface area contributed by atoms with Gasteiger partial charge in [-0.15, -0.1) is 0 Å². The molecule has 1 fully saturated rings. The fourth-order valence-corrected chi connectivity index (χ4v) is 2.22. The molecule has 1 atom stereocenters. The van der Waals surface area contributed by atoms with Crippen LogP contribution in [0.25, 0.3) is 0 Å². The van der Waals surface area contributed by atoms with Crippen LogP contribution in [-0.2, 0) is 0 Å². The van der Waals surface area contributed by atoms with E-state index in [0.29, 0.717) is 6.04 Å². The molecule has 3 N–H and O–H groups in total. The molecule has 1 aliphatic heterocycles. The van der Waals surface area contributed by atoms with Gasteiger partial charge in [0.2, 0.25) is 0 Å². The lowest BCUT2D eigenvalue weighted by Crippen LogP contribution is -2.31. The Hall–Kier alpha value is -1.22. The van der Waals surface area contributed by atoms with Crippen LogP contribution in [0.2, 0.25) is 0 Å². The number of rotatable bonds is 3. The smallest absolute Gasteiger partial charge is 0.0364 e. The molecule has 0 aromatic heterocycles. The van der Waals surface area contributed by atoms with Crippen molar-refractivity contribution in [3.05, 3.63) is 23.8 Å². The molecular formula is C13H21N3. The molecule has 0 spiro atoms. The summed E-state index contributed by atoms with van der Waals surface area (Å²) in [7, 11) is 2.20. The molecule has 1 heterocycles.